The van der Waals surface area contributed by atoms with Crippen LogP contribution in [0.5, 0.6) is 0 Å². The molecule has 0 N–H and O–H groups in total. The number of nitrogens with zero attached hydrogens (tertiary/aromatic N) is 1. The summed E-state index contributed by atoms with van der Waals surface area (Å²) in [5, 5.41) is 0. The highest BCUT2D eigenvalue weighted by atomic mass is 32.2. The zero-order valence-corrected chi connectivity index (χ0v) is 10.9. The normalized spacial score (nSPS) is 21.9. The van der Waals surface area contributed by atoms with Crippen molar-refractivity contribution in [2.45, 2.75) is 24.3 Å². The molecule has 1 aliphatic rings. The second-order valence-electron chi connectivity index (χ2n) is 4.27. The Morgan fingerprint density at radius 3 is 2.65 bits per heavy atom. The molecule has 0 aromatic heterocycles. The van der Waals surface area contributed by atoms with E-state index in [1.54, 1.807) is 19.2 Å². The van der Waals surface area contributed by atoms with Gasteiger partial charge in [-0.15, -0.1) is 0 Å². The lowest BCUT2D eigenvalue weighted by atomic mass is 10.2. The summed E-state index contributed by atoms with van der Waals surface area (Å²) in [6, 6.07) is 7.07. The average molecular weight is 255 g/mol. The molecule has 94 valence electrons. The van der Waals surface area contributed by atoms with Crippen LogP contribution in [0.1, 0.15) is 12.0 Å². The Hall–Kier alpha value is -0.910. The lowest BCUT2D eigenvalue weighted by molar-refractivity contribution is 0.115. The van der Waals surface area contributed by atoms with Crippen molar-refractivity contribution in [3.63, 3.8) is 0 Å². The second-order valence-corrected chi connectivity index (χ2v) is 6.18. The molecule has 5 heteroatoms. The molecule has 0 spiro atoms. The van der Waals surface area contributed by atoms with Gasteiger partial charge in [0.1, 0.15) is 0 Å². The van der Waals surface area contributed by atoms with Crippen LogP contribution < -0.4 is 0 Å². The molecule has 17 heavy (non-hydrogen) atoms. The topological polar surface area (TPSA) is 46.6 Å². The first-order valence-corrected chi connectivity index (χ1v) is 7.08. The van der Waals surface area contributed by atoms with Gasteiger partial charge in [0.25, 0.3) is 0 Å². The summed E-state index contributed by atoms with van der Waals surface area (Å²) in [5.41, 5.74) is 0.786. The van der Waals surface area contributed by atoms with Gasteiger partial charge in [0.2, 0.25) is 10.0 Å². The van der Waals surface area contributed by atoms with E-state index in [0.717, 1.165) is 12.0 Å². The van der Waals surface area contributed by atoms with Gasteiger partial charge in [-0.1, -0.05) is 18.2 Å². The molecule has 0 bridgehead atoms. The zero-order valence-electron chi connectivity index (χ0n) is 10.1. The second kappa shape index (κ2) is 4.76. The fourth-order valence-corrected chi connectivity index (χ4v) is 3.81. The van der Waals surface area contributed by atoms with E-state index in [9.17, 15) is 8.42 Å². The molecule has 4 nitrogen and oxygen atoms in total. The quantitative estimate of drug-likeness (QED) is 0.820. The summed E-state index contributed by atoms with van der Waals surface area (Å²) in [6.45, 7) is 2.80. The lowest BCUT2D eigenvalue weighted by Crippen LogP contribution is -2.30. The first-order valence-electron chi connectivity index (χ1n) is 5.64. The molecule has 1 saturated heterocycles. The Kier molecular flexibility index (Phi) is 3.51. The maximum atomic E-state index is 12.4. The molecule has 1 heterocycles. The van der Waals surface area contributed by atoms with Crippen LogP contribution >= 0.6 is 0 Å². The minimum atomic E-state index is -3.36. The van der Waals surface area contributed by atoms with Gasteiger partial charge in [-0.05, 0) is 25.0 Å². The molecule has 1 aromatic rings. The van der Waals surface area contributed by atoms with Gasteiger partial charge in [0.05, 0.1) is 11.0 Å². The fraction of sp³-hybridized carbons (Fsp3) is 0.500. The summed E-state index contributed by atoms with van der Waals surface area (Å²) < 4.78 is 31.5. The lowest BCUT2D eigenvalue weighted by Gasteiger charge is -2.17. The van der Waals surface area contributed by atoms with Gasteiger partial charge in [-0.3, -0.25) is 0 Å². The van der Waals surface area contributed by atoms with Crippen LogP contribution in [0.3, 0.4) is 0 Å². The van der Waals surface area contributed by atoms with Gasteiger partial charge >= 0.3 is 0 Å². The molecular weight excluding hydrogens is 238 g/mol. The first kappa shape index (κ1) is 12.5. The number of rotatable bonds is 3. The van der Waals surface area contributed by atoms with E-state index in [-0.39, 0.29) is 6.10 Å². The van der Waals surface area contributed by atoms with E-state index < -0.39 is 10.0 Å². The predicted octanol–water partition coefficient (Wildman–Crippen LogP) is 1.40. The number of hydrogen-bond acceptors (Lipinski definition) is 3. The Morgan fingerprint density at radius 2 is 2.06 bits per heavy atom. The average Bonchev–Trinajstić information content (AvgIpc) is 2.78. The highest BCUT2D eigenvalue weighted by Gasteiger charge is 2.33. The first-order chi connectivity index (χ1) is 8.05. The van der Waals surface area contributed by atoms with E-state index in [2.05, 4.69) is 0 Å². The molecule has 0 saturated carbocycles. The number of aryl methyl sites for hydroxylation is 1. The van der Waals surface area contributed by atoms with Crippen LogP contribution in [0, 0.1) is 6.92 Å². The molecular formula is C12H17NO3S. The molecule has 1 fully saturated rings. The van der Waals surface area contributed by atoms with E-state index in [1.807, 2.05) is 19.1 Å². The van der Waals surface area contributed by atoms with Gasteiger partial charge in [0.15, 0.2) is 0 Å². The maximum absolute atomic E-state index is 12.4. The number of benzene rings is 1. The molecule has 1 aromatic carbocycles. The fourth-order valence-electron chi connectivity index (χ4n) is 2.09. The minimum absolute atomic E-state index is 0.0220. The Labute approximate surface area is 102 Å². The zero-order chi connectivity index (χ0) is 12.5. The minimum Gasteiger partial charge on any atom is -0.380 e. The molecule has 0 radical (unpaired) electrons. The predicted molar refractivity (Wildman–Crippen MR) is 65.4 cm³/mol. The third-order valence-electron chi connectivity index (χ3n) is 3.15. The Balaban J connectivity index is 2.29. The van der Waals surface area contributed by atoms with Crippen LogP contribution in [-0.2, 0) is 14.8 Å². The molecule has 1 unspecified atom stereocenters. The van der Waals surface area contributed by atoms with Crippen molar-refractivity contribution in [1.82, 2.24) is 4.31 Å². The van der Waals surface area contributed by atoms with Gasteiger partial charge in [-0.2, -0.15) is 4.31 Å². The summed E-state index contributed by atoms with van der Waals surface area (Å²) in [5.74, 6) is 0. The Morgan fingerprint density at radius 1 is 1.35 bits per heavy atom. The Bertz CT molecular complexity index is 498. The van der Waals surface area contributed by atoms with Crippen LogP contribution in [0.15, 0.2) is 29.2 Å². The van der Waals surface area contributed by atoms with E-state index in [1.165, 1.54) is 4.31 Å². The standard InChI is InChI=1S/C12H17NO3S/c1-10-5-3-4-6-12(10)17(14,15)13-8-7-11(9-13)16-2/h3-6,11H,7-9H2,1-2H3. The van der Waals surface area contributed by atoms with Crippen molar-refractivity contribution >= 4 is 10.0 Å². The van der Waals surface area contributed by atoms with E-state index >= 15 is 0 Å². The van der Waals surface area contributed by atoms with Crippen molar-refractivity contribution in [1.29, 1.82) is 0 Å². The molecule has 0 amide bonds. The number of methoxy groups -OCH3 is 1. The van der Waals surface area contributed by atoms with Crippen molar-refractivity contribution in [3.05, 3.63) is 29.8 Å². The van der Waals surface area contributed by atoms with Gasteiger partial charge in [0, 0.05) is 20.2 Å². The molecule has 1 atom stereocenters. The summed E-state index contributed by atoms with van der Waals surface area (Å²) in [4.78, 5) is 0.400. The van der Waals surface area contributed by atoms with E-state index in [4.69, 9.17) is 4.74 Å². The largest absolute Gasteiger partial charge is 0.380 e. The molecule has 1 aliphatic heterocycles. The summed E-state index contributed by atoms with van der Waals surface area (Å²) in [6.07, 6.45) is 0.788. The van der Waals surface area contributed by atoms with Crippen LogP contribution in [0.2, 0.25) is 0 Å². The highest BCUT2D eigenvalue weighted by molar-refractivity contribution is 7.89. The van der Waals surface area contributed by atoms with Crippen LogP contribution in [-0.4, -0.2) is 39.0 Å². The van der Waals surface area contributed by atoms with Crippen molar-refractivity contribution < 1.29 is 13.2 Å². The van der Waals surface area contributed by atoms with Crippen LogP contribution in [0.25, 0.3) is 0 Å². The maximum Gasteiger partial charge on any atom is 0.243 e. The van der Waals surface area contributed by atoms with Crippen molar-refractivity contribution in [2.75, 3.05) is 20.2 Å². The van der Waals surface area contributed by atoms with Gasteiger partial charge in [-0.25, -0.2) is 8.42 Å². The van der Waals surface area contributed by atoms with Crippen molar-refractivity contribution in [2.24, 2.45) is 0 Å². The SMILES string of the molecule is COC1CCN(S(=O)(=O)c2ccccc2C)C1. The monoisotopic (exact) mass is 255 g/mol. The smallest absolute Gasteiger partial charge is 0.243 e. The third kappa shape index (κ3) is 2.36. The highest BCUT2D eigenvalue weighted by Crippen LogP contribution is 2.24. The van der Waals surface area contributed by atoms with Gasteiger partial charge < -0.3 is 4.74 Å². The number of sulfonamides is 1. The van der Waals surface area contributed by atoms with Crippen LogP contribution in [0.4, 0.5) is 0 Å². The summed E-state index contributed by atoms with van der Waals surface area (Å²) >= 11 is 0. The van der Waals surface area contributed by atoms with E-state index in [0.29, 0.717) is 18.0 Å². The van der Waals surface area contributed by atoms with Crippen molar-refractivity contribution in [3.8, 4) is 0 Å². The number of ether oxygens (including phenoxy) is 1. The molecule has 2 rings (SSSR count). The summed E-state index contributed by atoms with van der Waals surface area (Å²) in [7, 11) is -1.74. The number of hydrogen-bond donors (Lipinski definition) is 0. The molecule has 0 aliphatic carbocycles. The third-order valence-corrected chi connectivity index (χ3v) is 5.18.